The van der Waals surface area contributed by atoms with Crippen LogP contribution in [0.2, 0.25) is 15.1 Å². The fourth-order valence-corrected chi connectivity index (χ4v) is 3.67. The summed E-state index contributed by atoms with van der Waals surface area (Å²) in [5.41, 5.74) is 1.87. The number of halogens is 3. The highest BCUT2D eigenvalue weighted by Gasteiger charge is 2.13. The quantitative estimate of drug-likeness (QED) is 0.509. The summed E-state index contributed by atoms with van der Waals surface area (Å²) in [6.07, 6.45) is 2.99. The van der Waals surface area contributed by atoms with Crippen LogP contribution in [0.3, 0.4) is 0 Å². The molecule has 7 nitrogen and oxygen atoms in total. The molecule has 11 heteroatoms. The zero-order chi connectivity index (χ0) is 17.6. The lowest BCUT2D eigenvalue weighted by molar-refractivity contribution is 0.453. The van der Waals surface area contributed by atoms with E-state index in [2.05, 4.69) is 25.3 Å². The van der Waals surface area contributed by atoms with Crippen molar-refractivity contribution in [3.63, 3.8) is 0 Å². The summed E-state index contributed by atoms with van der Waals surface area (Å²) in [5, 5.41) is 19.3. The molecule has 4 rings (SSSR count). The van der Waals surface area contributed by atoms with Gasteiger partial charge in [0, 0.05) is 0 Å². The SMILES string of the molecule is Oc1cnc2nc(-c3cn(Cc4cc(Cl)c(Cl)c(Cl)c4)nn3)sc2n1. The molecule has 3 aromatic heterocycles. The summed E-state index contributed by atoms with van der Waals surface area (Å²) in [5.74, 6) is -0.150. The number of aromatic nitrogens is 6. The van der Waals surface area contributed by atoms with Gasteiger partial charge >= 0.3 is 0 Å². The molecule has 0 unspecified atom stereocenters. The molecule has 126 valence electrons. The van der Waals surface area contributed by atoms with E-state index in [0.29, 0.717) is 42.8 Å². The first-order valence-corrected chi connectivity index (χ1v) is 8.81. The van der Waals surface area contributed by atoms with Crippen LogP contribution in [0.1, 0.15) is 5.56 Å². The van der Waals surface area contributed by atoms with E-state index in [4.69, 9.17) is 34.8 Å². The lowest BCUT2D eigenvalue weighted by Gasteiger charge is -2.05. The van der Waals surface area contributed by atoms with Crippen molar-refractivity contribution >= 4 is 56.6 Å². The van der Waals surface area contributed by atoms with E-state index in [1.54, 1.807) is 23.0 Å². The van der Waals surface area contributed by atoms with Crippen molar-refractivity contribution in [2.24, 2.45) is 0 Å². The van der Waals surface area contributed by atoms with Crippen LogP contribution in [0.15, 0.2) is 24.5 Å². The largest absolute Gasteiger partial charge is 0.492 e. The second kappa shape index (κ2) is 6.38. The molecule has 0 bridgehead atoms. The third-order valence-electron chi connectivity index (χ3n) is 3.26. The van der Waals surface area contributed by atoms with E-state index in [1.807, 2.05) is 0 Å². The van der Waals surface area contributed by atoms with Gasteiger partial charge in [-0.05, 0) is 17.7 Å². The zero-order valence-corrected chi connectivity index (χ0v) is 15.3. The Morgan fingerprint density at radius 1 is 1.12 bits per heavy atom. The lowest BCUT2D eigenvalue weighted by atomic mass is 10.2. The second-order valence-electron chi connectivity index (χ2n) is 5.05. The summed E-state index contributed by atoms with van der Waals surface area (Å²) < 4.78 is 1.63. The van der Waals surface area contributed by atoms with E-state index in [0.717, 1.165) is 5.56 Å². The van der Waals surface area contributed by atoms with Crippen LogP contribution in [0, 0.1) is 0 Å². The molecule has 1 N–H and O–H groups in total. The summed E-state index contributed by atoms with van der Waals surface area (Å²) in [6.45, 7) is 0.422. The maximum Gasteiger partial charge on any atom is 0.231 e. The van der Waals surface area contributed by atoms with Crippen LogP contribution >= 0.6 is 46.1 Å². The molecule has 0 fully saturated rings. The minimum atomic E-state index is -0.150. The lowest BCUT2D eigenvalue weighted by Crippen LogP contribution is -2.00. The Hall–Kier alpha value is -2.00. The van der Waals surface area contributed by atoms with Gasteiger partial charge in [-0.15, -0.1) is 5.10 Å². The van der Waals surface area contributed by atoms with Gasteiger partial charge in [0.15, 0.2) is 10.5 Å². The molecule has 0 radical (unpaired) electrons. The van der Waals surface area contributed by atoms with Gasteiger partial charge in [-0.25, -0.2) is 14.6 Å². The topological polar surface area (TPSA) is 89.6 Å². The van der Waals surface area contributed by atoms with E-state index < -0.39 is 0 Å². The van der Waals surface area contributed by atoms with E-state index >= 15 is 0 Å². The molecule has 0 aliphatic heterocycles. The first-order valence-electron chi connectivity index (χ1n) is 6.86. The Kier molecular flexibility index (Phi) is 4.20. The van der Waals surface area contributed by atoms with Crippen LogP contribution in [0.25, 0.3) is 21.2 Å². The average Bonchev–Trinajstić information content (AvgIpc) is 3.18. The number of rotatable bonds is 3. The maximum absolute atomic E-state index is 9.38. The van der Waals surface area contributed by atoms with Gasteiger partial charge in [0.1, 0.15) is 10.7 Å². The van der Waals surface area contributed by atoms with Crippen molar-refractivity contribution in [3.8, 4) is 16.6 Å². The predicted octanol–water partition coefficient (Wildman–Crippen LogP) is 4.06. The van der Waals surface area contributed by atoms with Crippen molar-refractivity contribution in [3.05, 3.63) is 45.2 Å². The molecule has 4 aromatic rings. The van der Waals surface area contributed by atoms with E-state index in [1.165, 1.54) is 17.5 Å². The second-order valence-corrected chi connectivity index (χ2v) is 7.22. The van der Waals surface area contributed by atoms with Crippen LogP contribution in [0.4, 0.5) is 0 Å². The molecule has 1 aromatic carbocycles. The van der Waals surface area contributed by atoms with E-state index in [-0.39, 0.29) is 5.88 Å². The first-order chi connectivity index (χ1) is 12.0. The standard InChI is InChI=1S/C14H7Cl3N6OS/c15-7-1-6(2-8(16)11(7)17)4-23-5-9(21-22-23)13-20-12-14(25-13)19-10(24)3-18-12/h1-3,5H,4H2,(H,19,24). The third kappa shape index (κ3) is 3.25. The van der Waals surface area contributed by atoms with Gasteiger partial charge in [0.2, 0.25) is 5.88 Å². The molecular weight excluding hydrogens is 407 g/mol. The molecule has 25 heavy (non-hydrogen) atoms. The number of benzene rings is 1. The van der Waals surface area contributed by atoms with Gasteiger partial charge in [0.25, 0.3) is 0 Å². The molecule has 0 aliphatic rings. The molecule has 3 heterocycles. The van der Waals surface area contributed by atoms with Crippen LogP contribution in [0.5, 0.6) is 5.88 Å². The highest BCUT2D eigenvalue weighted by molar-refractivity contribution is 7.21. The Morgan fingerprint density at radius 3 is 2.64 bits per heavy atom. The summed E-state index contributed by atoms with van der Waals surface area (Å²) in [7, 11) is 0. The summed E-state index contributed by atoms with van der Waals surface area (Å²) >= 11 is 19.3. The van der Waals surface area contributed by atoms with Crippen molar-refractivity contribution < 1.29 is 5.11 Å². The fraction of sp³-hybridized carbons (Fsp3) is 0.0714. The van der Waals surface area contributed by atoms with Gasteiger partial charge in [-0.1, -0.05) is 51.4 Å². The summed E-state index contributed by atoms with van der Waals surface area (Å²) in [6, 6.07) is 3.46. The van der Waals surface area contributed by atoms with Crippen LogP contribution in [-0.2, 0) is 6.54 Å². The molecule has 0 atom stereocenters. The van der Waals surface area contributed by atoms with Gasteiger partial charge < -0.3 is 5.11 Å². The Morgan fingerprint density at radius 2 is 1.88 bits per heavy atom. The summed E-state index contributed by atoms with van der Waals surface area (Å²) in [4.78, 5) is 12.9. The van der Waals surface area contributed by atoms with E-state index in [9.17, 15) is 5.11 Å². The molecule has 0 amide bonds. The zero-order valence-electron chi connectivity index (χ0n) is 12.2. The van der Waals surface area contributed by atoms with Crippen molar-refractivity contribution in [2.75, 3.05) is 0 Å². The molecule has 0 saturated carbocycles. The van der Waals surface area contributed by atoms with Crippen molar-refractivity contribution in [2.45, 2.75) is 6.54 Å². The van der Waals surface area contributed by atoms with Crippen LogP contribution in [-0.4, -0.2) is 35.1 Å². The Bertz CT molecular complexity index is 1070. The van der Waals surface area contributed by atoms with Crippen molar-refractivity contribution in [1.82, 2.24) is 29.9 Å². The number of hydrogen-bond donors (Lipinski definition) is 1. The number of aromatic hydroxyl groups is 1. The third-order valence-corrected chi connectivity index (χ3v) is 5.41. The first kappa shape index (κ1) is 16.5. The van der Waals surface area contributed by atoms with Crippen LogP contribution < -0.4 is 0 Å². The number of hydrogen-bond acceptors (Lipinski definition) is 7. The minimum Gasteiger partial charge on any atom is -0.492 e. The minimum absolute atomic E-state index is 0.150. The average molecular weight is 414 g/mol. The number of nitrogens with zero attached hydrogens (tertiary/aromatic N) is 6. The van der Waals surface area contributed by atoms with Crippen molar-refractivity contribution in [1.29, 1.82) is 0 Å². The molecule has 0 aliphatic carbocycles. The fourth-order valence-electron chi connectivity index (χ4n) is 2.18. The number of thiazole rings is 1. The molecule has 0 saturated heterocycles. The van der Waals surface area contributed by atoms with Gasteiger partial charge in [-0.2, -0.15) is 4.98 Å². The monoisotopic (exact) mass is 412 g/mol. The highest BCUT2D eigenvalue weighted by atomic mass is 35.5. The van der Waals surface area contributed by atoms with Gasteiger partial charge in [-0.3, -0.25) is 0 Å². The van der Waals surface area contributed by atoms with Gasteiger partial charge in [0.05, 0.1) is 34.0 Å². The smallest absolute Gasteiger partial charge is 0.231 e. The normalized spacial score (nSPS) is 11.3. The Balaban J connectivity index is 1.63. The predicted molar refractivity (Wildman–Crippen MR) is 96.5 cm³/mol. The molecule has 0 spiro atoms. The maximum atomic E-state index is 9.38. The molecular formula is C14H7Cl3N6OS. The highest BCUT2D eigenvalue weighted by Crippen LogP contribution is 2.32. The number of fused-ring (bicyclic) bond motifs is 1. The Labute approximate surface area is 159 Å².